The third kappa shape index (κ3) is 5.01. The van der Waals surface area contributed by atoms with E-state index in [-0.39, 0.29) is 18.4 Å². The van der Waals surface area contributed by atoms with E-state index in [1.165, 1.54) is 0 Å². The monoisotopic (exact) mass is 265 g/mol. The van der Waals surface area contributed by atoms with Crippen LogP contribution in [-0.2, 0) is 11.3 Å². The Morgan fingerprint density at radius 3 is 2.53 bits per heavy atom. The molecule has 1 aromatic carbocycles. The Morgan fingerprint density at radius 2 is 2.00 bits per heavy atom. The predicted molar refractivity (Wildman–Crippen MR) is 75.0 cm³/mol. The summed E-state index contributed by atoms with van der Waals surface area (Å²) in [5.74, 6) is 0.0238. The second-order valence-electron chi connectivity index (χ2n) is 4.79. The van der Waals surface area contributed by atoms with Gasteiger partial charge in [0.25, 0.3) is 5.91 Å². The van der Waals surface area contributed by atoms with Crippen LogP contribution in [0.4, 0.5) is 0 Å². The van der Waals surface area contributed by atoms with Gasteiger partial charge in [-0.25, -0.2) is 0 Å². The Hall–Kier alpha value is -1.39. The molecule has 0 aliphatic rings. The van der Waals surface area contributed by atoms with Gasteiger partial charge in [0.05, 0.1) is 12.7 Å². The highest BCUT2D eigenvalue weighted by atomic mass is 16.5. The molecule has 0 aliphatic carbocycles. The number of ether oxygens (including phenoxy) is 1. The molecular weight excluding hydrogens is 242 g/mol. The van der Waals surface area contributed by atoms with Crippen molar-refractivity contribution >= 4 is 5.91 Å². The summed E-state index contributed by atoms with van der Waals surface area (Å²) < 4.78 is 5.01. The van der Waals surface area contributed by atoms with Gasteiger partial charge in [-0.2, -0.15) is 0 Å². The molecule has 1 rings (SSSR count). The van der Waals surface area contributed by atoms with Gasteiger partial charge >= 0.3 is 0 Å². The quantitative estimate of drug-likeness (QED) is 0.792. The number of methoxy groups -OCH3 is 1. The summed E-state index contributed by atoms with van der Waals surface area (Å²) >= 11 is 0. The summed E-state index contributed by atoms with van der Waals surface area (Å²) in [6.07, 6.45) is 0.393. The molecule has 0 aromatic heterocycles. The smallest absolute Gasteiger partial charge is 0.251 e. The van der Waals surface area contributed by atoms with Crippen LogP contribution in [0, 0.1) is 5.92 Å². The number of aliphatic hydroxyl groups is 1. The minimum absolute atomic E-state index is 0.161. The molecule has 0 unspecified atom stereocenters. The van der Waals surface area contributed by atoms with Crippen molar-refractivity contribution in [3.63, 3.8) is 0 Å². The lowest BCUT2D eigenvalue weighted by Crippen LogP contribution is -2.35. The largest absolute Gasteiger partial charge is 0.391 e. The highest BCUT2D eigenvalue weighted by Crippen LogP contribution is 2.08. The van der Waals surface area contributed by atoms with Gasteiger partial charge in [-0.3, -0.25) is 4.79 Å². The molecule has 106 valence electrons. The lowest BCUT2D eigenvalue weighted by atomic mass is 10.0. The number of benzene rings is 1. The Bertz CT molecular complexity index is 389. The number of carbonyl (C=O) groups is 1. The minimum Gasteiger partial charge on any atom is -0.391 e. The molecule has 0 heterocycles. The number of amides is 1. The van der Waals surface area contributed by atoms with E-state index in [4.69, 9.17) is 4.74 Å². The topological polar surface area (TPSA) is 58.6 Å². The van der Waals surface area contributed by atoms with E-state index < -0.39 is 6.10 Å². The Kier molecular flexibility index (Phi) is 6.53. The number of carbonyl (C=O) groups excluding carboxylic acids is 1. The molecule has 0 spiro atoms. The van der Waals surface area contributed by atoms with Gasteiger partial charge in [0, 0.05) is 19.2 Å². The van der Waals surface area contributed by atoms with Crippen LogP contribution in [-0.4, -0.2) is 30.8 Å². The van der Waals surface area contributed by atoms with Crippen molar-refractivity contribution in [1.82, 2.24) is 5.32 Å². The molecule has 1 amide bonds. The van der Waals surface area contributed by atoms with Crippen LogP contribution in [0.2, 0.25) is 0 Å². The first-order valence-electron chi connectivity index (χ1n) is 6.62. The highest BCUT2D eigenvalue weighted by Gasteiger charge is 2.13. The van der Waals surface area contributed by atoms with Crippen molar-refractivity contribution in [3.05, 3.63) is 35.4 Å². The number of nitrogens with one attached hydrogen (secondary N) is 1. The molecule has 19 heavy (non-hydrogen) atoms. The Labute approximate surface area is 114 Å². The van der Waals surface area contributed by atoms with Crippen LogP contribution in [0.5, 0.6) is 0 Å². The van der Waals surface area contributed by atoms with Crippen molar-refractivity contribution in [1.29, 1.82) is 0 Å². The van der Waals surface area contributed by atoms with Crippen LogP contribution >= 0.6 is 0 Å². The molecule has 4 nitrogen and oxygen atoms in total. The maximum Gasteiger partial charge on any atom is 0.251 e. The standard InChI is InChI=1S/C15H23NO3/c1-4-11(2)14(17)9-16-15(18)13-7-5-12(6-8-13)10-19-3/h5-8,11,14,17H,4,9-10H2,1-3H3,(H,16,18)/t11-,14+/m0/s1. The number of aliphatic hydroxyl groups excluding tert-OH is 1. The van der Waals surface area contributed by atoms with Crippen LogP contribution in [0.1, 0.15) is 36.2 Å². The molecule has 1 aromatic rings. The second kappa shape index (κ2) is 7.92. The predicted octanol–water partition coefficient (Wildman–Crippen LogP) is 1.97. The molecule has 0 aliphatic heterocycles. The van der Waals surface area contributed by atoms with Crippen molar-refractivity contribution in [2.45, 2.75) is 33.0 Å². The van der Waals surface area contributed by atoms with E-state index in [0.29, 0.717) is 12.2 Å². The van der Waals surface area contributed by atoms with E-state index >= 15 is 0 Å². The molecule has 2 N–H and O–H groups in total. The van der Waals surface area contributed by atoms with Gasteiger partial charge in [0.15, 0.2) is 0 Å². The minimum atomic E-state index is -0.498. The molecule has 0 saturated carbocycles. The molecule has 0 bridgehead atoms. The van der Waals surface area contributed by atoms with Crippen LogP contribution < -0.4 is 5.32 Å². The van der Waals surface area contributed by atoms with E-state index in [1.54, 1.807) is 19.2 Å². The van der Waals surface area contributed by atoms with Gasteiger partial charge in [-0.05, 0) is 23.6 Å². The molecule has 0 saturated heterocycles. The first-order valence-corrected chi connectivity index (χ1v) is 6.62. The van der Waals surface area contributed by atoms with Crippen molar-refractivity contribution in [2.24, 2.45) is 5.92 Å². The summed E-state index contributed by atoms with van der Waals surface area (Å²) in [5.41, 5.74) is 1.62. The SMILES string of the molecule is CC[C@H](C)[C@H](O)CNC(=O)c1ccc(COC)cc1. The zero-order valence-electron chi connectivity index (χ0n) is 11.8. The molecular formula is C15H23NO3. The van der Waals surface area contributed by atoms with E-state index in [9.17, 15) is 9.90 Å². The molecule has 2 atom stereocenters. The number of rotatable bonds is 7. The Balaban J connectivity index is 2.49. The molecule has 0 radical (unpaired) electrons. The van der Waals surface area contributed by atoms with Gasteiger partial charge in [0.2, 0.25) is 0 Å². The summed E-state index contributed by atoms with van der Waals surface area (Å²) in [7, 11) is 1.64. The number of hydrogen-bond donors (Lipinski definition) is 2. The summed E-state index contributed by atoms with van der Waals surface area (Å²) in [6, 6.07) is 7.26. The summed E-state index contributed by atoms with van der Waals surface area (Å²) in [5, 5.41) is 12.5. The Morgan fingerprint density at radius 1 is 1.37 bits per heavy atom. The average molecular weight is 265 g/mol. The zero-order chi connectivity index (χ0) is 14.3. The summed E-state index contributed by atoms with van der Waals surface area (Å²) in [6.45, 7) is 4.81. The van der Waals surface area contributed by atoms with Crippen LogP contribution in [0.3, 0.4) is 0 Å². The van der Waals surface area contributed by atoms with Crippen LogP contribution in [0.15, 0.2) is 24.3 Å². The fraction of sp³-hybridized carbons (Fsp3) is 0.533. The molecule has 4 heteroatoms. The fourth-order valence-electron chi connectivity index (χ4n) is 1.69. The number of hydrogen-bond acceptors (Lipinski definition) is 3. The van der Waals surface area contributed by atoms with E-state index in [1.807, 2.05) is 26.0 Å². The van der Waals surface area contributed by atoms with Gasteiger partial charge < -0.3 is 15.2 Å². The first kappa shape index (κ1) is 15.7. The zero-order valence-corrected chi connectivity index (χ0v) is 11.8. The van der Waals surface area contributed by atoms with Crippen molar-refractivity contribution < 1.29 is 14.6 Å². The average Bonchev–Trinajstić information content (AvgIpc) is 2.44. The van der Waals surface area contributed by atoms with Gasteiger partial charge in [-0.1, -0.05) is 32.4 Å². The summed E-state index contributed by atoms with van der Waals surface area (Å²) in [4.78, 5) is 11.9. The van der Waals surface area contributed by atoms with Crippen molar-refractivity contribution in [3.8, 4) is 0 Å². The third-order valence-electron chi connectivity index (χ3n) is 3.30. The van der Waals surface area contributed by atoms with E-state index in [2.05, 4.69) is 5.32 Å². The van der Waals surface area contributed by atoms with E-state index in [0.717, 1.165) is 12.0 Å². The second-order valence-corrected chi connectivity index (χ2v) is 4.79. The van der Waals surface area contributed by atoms with Crippen molar-refractivity contribution in [2.75, 3.05) is 13.7 Å². The maximum absolute atomic E-state index is 11.9. The lowest BCUT2D eigenvalue weighted by Gasteiger charge is -2.17. The maximum atomic E-state index is 11.9. The van der Waals surface area contributed by atoms with Gasteiger partial charge in [-0.15, -0.1) is 0 Å². The third-order valence-corrected chi connectivity index (χ3v) is 3.30. The van der Waals surface area contributed by atoms with Crippen LogP contribution in [0.25, 0.3) is 0 Å². The molecule has 0 fully saturated rings. The first-order chi connectivity index (χ1) is 9.08. The lowest BCUT2D eigenvalue weighted by molar-refractivity contribution is 0.0850. The fourth-order valence-corrected chi connectivity index (χ4v) is 1.69. The highest BCUT2D eigenvalue weighted by molar-refractivity contribution is 5.94. The normalized spacial score (nSPS) is 13.9. The van der Waals surface area contributed by atoms with Gasteiger partial charge in [0.1, 0.15) is 0 Å².